The molecule has 0 saturated heterocycles. The standard InChI is InChI=1S/C12H15ClN4S/c1-12(2,3)10-15-8(13)7-9(16-10)18-11-14-5-6-17(11)4/h5-7H,1-4H3. The molecule has 6 heteroatoms. The summed E-state index contributed by atoms with van der Waals surface area (Å²) in [5, 5.41) is 2.16. The molecular weight excluding hydrogens is 268 g/mol. The van der Waals surface area contributed by atoms with Crippen LogP contribution in [0.25, 0.3) is 0 Å². The van der Waals surface area contributed by atoms with Gasteiger partial charge in [-0.05, 0) is 11.8 Å². The van der Waals surface area contributed by atoms with E-state index in [0.29, 0.717) is 5.15 Å². The van der Waals surface area contributed by atoms with E-state index in [1.807, 2.05) is 17.8 Å². The number of nitrogens with zero attached hydrogens (tertiary/aromatic N) is 4. The summed E-state index contributed by atoms with van der Waals surface area (Å²) in [7, 11) is 1.95. The quantitative estimate of drug-likeness (QED) is 0.793. The topological polar surface area (TPSA) is 43.6 Å². The normalized spacial score (nSPS) is 11.8. The van der Waals surface area contributed by atoms with E-state index >= 15 is 0 Å². The van der Waals surface area contributed by atoms with Crippen molar-refractivity contribution in [3.8, 4) is 0 Å². The molecule has 0 unspecified atom stereocenters. The van der Waals surface area contributed by atoms with E-state index in [-0.39, 0.29) is 5.41 Å². The molecule has 0 spiro atoms. The second kappa shape index (κ2) is 4.90. The summed E-state index contributed by atoms with van der Waals surface area (Å²) in [4.78, 5) is 13.1. The Morgan fingerprint density at radius 3 is 2.56 bits per heavy atom. The molecule has 0 radical (unpaired) electrons. The molecule has 0 N–H and O–H groups in total. The second-order valence-corrected chi connectivity index (χ2v) is 6.40. The predicted molar refractivity (Wildman–Crippen MR) is 73.1 cm³/mol. The van der Waals surface area contributed by atoms with Gasteiger partial charge in [0.25, 0.3) is 0 Å². The summed E-state index contributed by atoms with van der Waals surface area (Å²) in [6, 6.07) is 1.76. The third-order valence-corrected chi connectivity index (χ3v) is 3.50. The summed E-state index contributed by atoms with van der Waals surface area (Å²) in [5.74, 6) is 0.742. The summed E-state index contributed by atoms with van der Waals surface area (Å²) < 4.78 is 1.94. The number of rotatable bonds is 2. The van der Waals surface area contributed by atoms with Crippen LogP contribution in [0, 0.1) is 0 Å². The molecule has 0 fully saturated rings. The predicted octanol–water partition coefficient (Wildman–Crippen LogP) is 3.31. The van der Waals surface area contributed by atoms with Crippen LogP contribution in [0.2, 0.25) is 5.15 Å². The Hall–Kier alpha value is -1.07. The highest BCUT2D eigenvalue weighted by molar-refractivity contribution is 7.99. The van der Waals surface area contributed by atoms with Gasteiger partial charge in [-0.15, -0.1) is 0 Å². The largest absolute Gasteiger partial charge is 0.329 e. The van der Waals surface area contributed by atoms with E-state index < -0.39 is 0 Å². The molecule has 2 heterocycles. The SMILES string of the molecule is Cn1ccnc1Sc1cc(Cl)nc(C(C)(C)C)n1. The van der Waals surface area contributed by atoms with E-state index in [1.54, 1.807) is 12.3 Å². The Balaban J connectivity index is 2.35. The molecule has 96 valence electrons. The molecule has 0 aliphatic heterocycles. The van der Waals surface area contributed by atoms with Gasteiger partial charge in [0.1, 0.15) is 16.0 Å². The number of hydrogen-bond donors (Lipinski definition) is 0. The highest BCUT2D eigenvalue weighted by Gasteiger charge is 2.19. The number of imidazole rings is 1. The average Bonchev–Trinajstić information content (AvgIpc) is 2.62. The fraction of sp³-hybridized carbons (Fsp3) is 0.417. The number of hydrogen-bond acceptors (Lipinski definition) is 4. The molecule has 2 aromatic heterocycles. The maximum atomic E-state index is 6.04. The lowest BCUT2D eigenvalue weighted by atomic mass is 9.96. The maximum absolute atomic E-state index is 6.04. The van der Waals surface area contributed by atoms with Crippen LogP contribution in [0.3, 0.4) is 0 Å². The fourth-order valence-corrected chi connectivity index (χ4v) is 2.38. The van der Waals surface area contributed by atoms with E-state index in [2.05, 4.69) is 35.7 Å². The van der Waals surface area contributed by atoms with Crippen LogP contribution < -0.4 is 0 Å². The zero-order chi connectivity index (χ0) is 13.3. The van der Waals surface area contributed by atoms with Crippen molar-refractivity contribution in [3.05, 3.63) is 29.4 Å². The molecule has 2 rings (SSSR count). The van der Waals surface area contributed by atoms with E-state index in [4.69, 9.17) is 11.6 Å². The highest BCUT2D eigenvalue weighted by atomic mass is 35.5. The molecule has 0 atom stereocenters. The van der Waals surface area contributed by atoms with E-state index in [0.717, 1.165) is 16.0 Å². The molecule has 0 amide bonds. The summed E-state index contributed by atoms with van der Waals surface area (Å²) >= 11 is 7.53. The Bertz CT molecular complexity index is 559. The maximum Gasteiger partial charge on any atom is 0.174 e. The third kappa shape index (κ3) is 3.03. The molecule has 0 bridgehead atoms. The van der Waals surface area contributed by atoms with Gasteiger partial charge in [-0.25, -0.2) is 15.0 Å². The van der Waals surface area contributed by atoms with Crippen molar-refractivity contribution >= 4 is 23.4 Å². The van der Waals surface area contributed by atoms with Crippen molar-refractivity contribution in [3.63, 3.8) is 0 Å². The first-order chi connectivity index (χ1) is 8.36. The third-order valence-electron chi connectivity index (χ3n) is 2.32. The molecule has 0 aromatic carbocycles. The Morgan fingerprint density at radius 1 is 1.28 bits per heavy atom. The van der Waals surface area contributed by atoms with Crippen molar-refractivity contribution in [2.75, 3.05) is 0 Å². The molecular formula is C12H15ClN4S. The van der Waals surface area contributed by atoms with Crippen LogP contribution in [-0.4, -0.2) is 19.5 Å². The van der Waals surface area contributed by atoms with Gasteiger partial charge in [-0.3, -0.25) is 0 Å². The van der Waals surface area contributed by atoms with Crippen LogP contribution in [-0.2, 0) is 12.5 Å². The van der Waals surface area contributed by atoms with Crippen molar-refractivity contribution in [2.24, 2.45) is 7.05 Å². The van der Waals surface area contributed by atoms with Crippen LogP contribution in [0.5, 0.6) is 0 Å². The number of halogens is 1. The lowest BCUT2D eigenvalue weighted by molar-refractivity contribution is 0.538. The minimum Gasteiger partial charge on any atom is -0.329 e. The van der Waals surface area contributed by atoms with Crippen molar-refractivity contribution in [1.82, 2.24) is 19.5 Å². The summed E-state index contributed by atoms with van der Waals surface area (Å²) in [6.45, 7) is 6.19. The van der Waals surface area contributed by atoms with Crippen molar-refractivity contribution in [2.45, 2.75) is 36.4 Å². The first-order valence-corrected chi connectivity index (χ1v) is 6.76. The van der Waals surface area contributed by atoms with Crippen molar-refractivity contribution < 1.29 is 0 Å². The first kappa shape index (κ1) is 13.4. The zero-order valence-corrected chi connectivity index (χ0v) is 12.4. The molecule has 18 heavy (non-hydrogen) atoms. The minimum absolute atomic E-state index is 0.123. The van der Waals surface area contributed by atoms with Gasteiger partial charge in [-0.1, -0.05) is 32.4 Å². The summed E-state index contributed by atoms with van der Waals surface area (Å²) in [5.41, 5.74) is -0.123. The number of aromatic nitrogens is 4. The Morgan fingerprint density at radius 2 is 2.00 bits per heavy atom. The molecule has 0 saturated carbocycles. The Kier molecular flexibility index (Phi) is 3.64. The van der Waals surface area contributed by atoms with Gasteiger partial charge >= 0.3 is 0 Å². The van der Waals surface area contributed by atoms with Gasteiger partial charge < -0.3 is 4.57 Å². The monoisotopic (exact) mass is 282 g/mol. The van der Waals surface area contributed by atoms with E-state index in [9.17, 15) is 0 Å². The zero-order valence-electron chi connectivity index (χ0n) is 10.8. The lowest BCUT2D eigenvalue weighted by Gasteiger charge is -2.17. The molecule has 4 nitrogen and oxygen atoms in total. The van der Waals surface area contributed by atoms with Gasteiger partial charge in [0, 0.05) is 30.9 Å². The minimum atomic E-state index is -0.123. The molecule has 0 aliphatic carbocycles. The van der Waals surface area contributed by atoms with Gasteiger partial charge in [0.15, 0.2) is 5.16 Å². The lowest BCUT2D eigenvalue weighted by Crippen LogP contribution is -2.16. The first-order valence-electron chi connectivity index (χ1n) is 5.56. The van der Waals surface area contributed by atoms with Gasteiger partial charge in [-0.2, -0.15) is 0 Å². The smallest absolute Gasteiger partial charge is 0.174 e. The van der Waals surface area contributed by atoms with Gasteiger partial charge in [0.05, 0.1) is 0 Å². The van der Waals surface area contributed by atoms with E-state index in [1.165, 1.54) is 11.8 Å². The molecule has 0 aliphatic rings. The number of aryl methyl sites for hydroxylation is 1. The van der Waals surface area contributed by atoms with Gasteiger partial charge in [0.2, 0.25) is 0 Å². The van der Waals surface area contributed by atoms with Crippen LogP contribution in [0.1, 0.15) is 26.6 Å². The average molecular weight is 283 g/mol. The highest BCUT2D eigenvalue weighted by Crippen LogP contribution is 2.28. The second-order valence-electron chi connectivity index (χ2n) is 5.03. The van der Waals surface area contributed by atoms with Crippen molar-refractivity contribution in [1.29, 1.82) is 0 Å². The van der Waals surface area contributed by atoms with Crippen LogP contribution in [0.4, 0.5) is 0 Å². The van der Waals surface area contributed by atoms with Crippen LogP contribution >= 0.6 is 23.4 Å². The van der Waals surface area contributed by atoms with Crippen LogP contribution in [0.15, 0.2) is 28.6 Å². The summed E-state index contributed by atoms with van der Waals surface area (Å²) in [6.07, 6.45) is 3.66. The molecule has 2 aromatic rings. The Labute approximate surface area is 116 Å². The fourth-order valence-electron chi connectivity index (χ4n) is 1.33.